The van der Waals surface area contributed by atoms with E-state index in [1.807, 2.05) is 13.8 Å². The Labute approximate surface area is 115 Å². The van der Waals surface area contributed by atoms with Crippen LogP contribution in [0, 0.1) is 0 Å². The normalized spacial score (nSPS) is 11.2. The lowest BCUT2D eigenvalue weighted by atomic mass is 10.3. The minimum atomic E-state index is 0.345. The highest BCUT2D eigenvalue weighted by Gasteiger charge is 2.13. The molecule has 0 amide bonds. The van der Waals surface area contributed by atoms with E-state index in [9.17, 15) is 0 Å². The molecule has 7 heteroatoms. The maximum absolute atomic E-state index is 6.02. The molecule has 0 saturated carbocycles. The quantitative estimate of drug-likeness (QED) is 0.936. The summed E-state index contributed by atoms with van der Waals surface area (Å²) < 4.78 is 5.10. The SMILES string of the molecule is CC(C)NCc1nc(-c2ncc(Cl)cc2Cl)no1. The van der Waals surface area contributed by atoms with Crippen molar-refractivity contribution >= 4 is 23.2 Å². The van der Waals surface area contributed by atoms with E-state index in [2.05, 4.69) is 20.4 Å². The highest BCUT2D eigenvalue weighted by molar-refractivity contribution is 6.35. The van der Waals surface area contributed by atoms with Gasteiger partial charge in [0.25, 0.3) is 0 Å². The van der Waals surface area contributed by atoms with Crippen LogP contribution in [-0.2, 0) is 6.54 Å². The summed E-state index contributed by atoms with van der Waals surface area (Å²) in [6, 6.07) is 1.94. The number of pyridine rings is 1. The molecule has 96 valence electrons. The molecular formula is C11H12Cl2N4O. The molecule has 0 atom stereocenters. The van der Waals surface area contributed by atoms with Crippen LogP contribution in [0.4, 0.5) is 0 Å². The zero-order valence-electron chi connectivity index (χ0n) is 9.94. The van der Waals surface area contributed by atoms with Gasteiger partial charge in [-0.25, -0.2) is 4.98 Å². The Bertz CT molecular complexity index is 542. The van der Waals surface area contributed by atoms with Gasteiger partial charge in [-0.3, -0.25) is 0 Å². The van der Waals surface area contributed by atoms with Crippen molar-refractivity contribution in [2.75, 3.05) is 0 Å². The van der Waals surface area contributed by atoms with Crippen LogP contribution in [0.5, 0.6) is 0 Å². The van der Waals surface area contributed by atoms with Crippen molar-refractivity contribution in [2.45, 2.75) is 26.4 Å². The highest BCUT2D eigenvalue weighted by atomic mass is 35.5. The molecule has 0 spiro atoms. The summed E-state index contributed by atoms with van der Waals surface area (Å²) in [4.78, 5) is 8.30. The average Bonchev–Trinajstić information content (AvgIpc) is 2.75. The minimum Gasteiger partial charge on any atom is -0.337 e. The Kier molecular flexibility index (Phi) is 4.16. The molecule has 0 bridgehead atoms. The van der Waals surface area contributed by atoms with Gasteiger partial charge < -0.3 is 9.84 Å². The van der Waals surface area contributed by atoms with Crippen LogP contribution < -0.4 is 5.32 Å². The second-order valence-electron chi connectivity index (χ2n) is 4.03. The first-order valence-corrected chi connectivity index (χ1v) is 6.19. The van der Waals surface area contributed by atoms with Gasteiger partial charge in [-0.1, -0.05) is 42.2 Å². The largest absolute Gasteiger partial charge is 0.337 e. The first-order valence-electron chi connectivity index (χ1n) is 5.43. The number of hydrogen-bond acceptors (Lipinski definition) is 5. The maximum atomic E-state index is 6.02. The third kappa shape index (κ3) is 3.19. The number of rotatable bonds is 4. The van der Waals surface area contributed by atoms with Gasteiger partial charge >= 0.3 is 0 Å². The van der Waals surface area contributed by atoms with Crippen molar-refractivity contribution in [1.29, 1.82) is 0 Å². The molecule has 2 aromatic rings. The summed E-state index contributed by atoms with van der Waals surface area (Å²) in [5, 5.41) is 7.88. The topological polar surface area (TPSA) is 63.8 Å². The molecule has 1 N–H and O–H groups in total. The van der Waals surface area contributed by atoms with Crippen molar-refractivity contribution in [3.8, 4) is 11.5 Å². The van der Waals surface area contributed by atoms with Crippen LogP contribution in [0.2, 0.25) is 10.0 Å². The Morgan fingerprint density at radius 3 is 2.83 bits per heavy atom. The zero-order chi connectivity index (χ0) is 13.1. The summed E-state index contributed by atoms with van der Waals surface area (Å²) in [7, 11) is 0. The van der Waals surface area contributed by atoms with E-state index in [-0.39, 0.29) is 0 Å². The lowest BCUT2D eigenvalue weighted by molar-refractivity contribution is 0.362. The molecule has 0 aromatic carbocycles. The van der Waals surface area contributed by atoms with Gasteiger partial charge in [0.15, 0.2) is 0 Å². The fourth-order valence-corrected chi connectivity index (χ4v) is 1.76. The molecule has 0 aliphatic heterocycles. The van der Waals surface area contributed by atoms with E-state index in [4.69, 9.17) is 27.7 Å². The van der Waals surface area contributed by atoms with Crippen LogP contribution >= 0.6 is 23.2 Å². The van der Waals surface area contributed by atoms with Crippen LogP contribution in [-0.4, -0.2) is 21.2 Å². The number of hydrogen-bond donors (Lipinski definition) is 1. The monoisotopic (exact) mass is 286 g/mol. The Morgan fingerprint density at radius 1 is 1.39 bits per heavy atom. The zero-order valence-corrected chi connectivity index (χ0v) is 11.5. The van der Waals surface area contributed by atoms with Crippen molar-refractivity contribution in [1.82, 2.24) is 20.4 Å². The lowest BCUT2D eigenvalue weighted by Crippen LogP contribution is -2.21. The van der Waals surface area contributed by atoms with Gasteiger partial charge in [-0.15, -0.1) is 0 Å². The van der Waals surface area contributed by atoms with Crippen LogP contribution in [0.1, 0.15) is 19.7 Å². The maximum Gasteiger partial charge on any atom is 0.240 e. The van der Waals surface area contributed by atoms with Crippen molar-refractivity contribution in [3.63, 3.8) is 0 Å². The third-order valence-corrected chi connectivity index (χ3v) is 2.64. The van der Waals surface area contributed by atoms with Gasteiger partial charge in [0.1, 0.15) is 5.69 Å². The average molecular weight is 287 g/mol. The van der Waals surface area contributed by atoms with E-state index in [1.54, 1.807) is 6.07 Å². The summed E-state index contributed by atoms with van der Waals surface area (Å²) in [5.41, 5.74) is 0.459. The Morgan fingerprint density at radius 2 is 2.17 bits per heavy atom. The number of aromatic nitrogens is 3. The molecule has 0 aliphatic rings. The molecule has 0 radical (unpaired) electrons. The molecule has 18 heavy (non-hydrogen) atoms. The summed E-state index contributed by atoms with van der Waals surface area (Å²) >= 11 is 11.8. The molecule has 2 heterocycles. The summed E-state index contributed by atoms with van der Waals surface area (Å²) in [5.74, 6) is 0.851. The molecule has 0 saturated heterocycles. The van der Waals surface area contributed by atoms with Gasteiger partial charge in [0, 0.05) is 12.2 Å². The van der Waals surface area contributed by atoms with E-state index in [1.165, 1.54) is 6.20 Å². The van der Waals surface area contributed by atoms with Crippen LogP contribution in [0.25, 0.3) is 11.5 Å². The fraction of sp³-hybridized carbons (Fsp3) is 0.364. The molecule has 0 fully saturated rings. The van der Waals surface area contributed by atoms with Gasteiger partial charge in [-0.2, -0.15) is 4.98 Å². The second kappa shape index (κ2) is 5.65. The van der Waals surface area contributed by atoms with Crippen molar-refractivity contribution < 1.29 is 4.52 Å². The van der Waals surface area contributed by atoms with Gasteiger partial charge in [0.05, 0.1) is 16.6 Å². The summed E-state index contributed by atoms with van der Waals surface area (Å²) in [6.07, 6.45) is 1.49. The summed E-state index contributed by atoms with van der Waals surface area (Å²) in [6.45, 7) is 4.58. The molecule has 2 aromatic heterocycles. The smallest absolute Gasteiger partial charge is 0.240 e. The molecule has 0 unspecified atom stereocenters. The first kappa shape index (κ1) is 13.3. The predicted molar refractivity (Wildman–Crippen MR) is 69.5 cm³/mol. The Balaban J connectivity index is 2.18. The van der Waals surface area contributed by atoms with Gasteiger partial charge in [0.2, 0.25) is 11.7 Å². The van der Waals surface area contributed by atoms with Crippen molar-refractivity contribution in [2.24, 2.45) is 0 Å². The van der Waals surface area contributed by atoms with Gasteiger partial charge in [-0.05, 0) is 6.07 Å². The standard InChI is InChI=1S/C11H12Cl2N4O/c1-6(2)14-5-9-16-11(17-18-9)10-8(13)3-7(12)4-15-10/h3-4,6,14H,5H2,1-2H3. The predicted octanol–water partition coefficient (Wildman–Crippen LogP) is 2.94. The number of nitrogens with one attached hydrogen (secondary N) is 1. The van der Waals surface area contributed by atoms with E-state index >= 15 is 0 Å². The molecule has 5 nitrogen and oxygen atoms in total. The van der Waals surface area contributed by atoms with Crippen molar-refractivity contribution in [3.05, 3.63) is 28.2 Å². The third-order valence-electron chi connectivity index (χ3n) is 2.15. The number of nitrogens with zero attached hydrogens (tertiary/aromatic N) is 3. The van der Waals surface area contributed by atoms with E-state index in [0.29, 0.717) is 40.0 Å². The van der Waals surface area contributed by atoms with Crippen LogP contribution in [0.3, 0.4) is 0 Å². The highest BCUT2D eigenvalue weighted by Crippen LogP contribution is 2.25. The fourth-order valence-electron chi connectivity index (χ4n) is 1.29. The minimum absolute atomic E-state index is 0.345. The Hall–Kier alpha value is -1.17. The van der Waals surface area contributed by atoms with E-state index < -0.39 is 0 Å². The number of halogens is 2. The van der Waals surface area contributed by atoms with E-state index in [0.717, 1.165) is 0 Å². The molecule has 0 aliphatic carbocycles. The van der Waals surface area contributed by atoms with Crippen LogP contribution in [0.15, 0.2) is 16.8 Å². The first-order chi connectivity index (χ1) is 8.56. The lowest BCUT2D eigenvalue weighted by Gasteiger charge is -2.02. The molecular weight excluding hydrogens is 275 g/mol. The second-order valence-corrected chi connectivity index (χ2v) is 4.87. The molecule has 2 rings (SSSR count).